The van der Waals surface area contributed by atoms with E-state index >= 15 is 0 Å². The van der Waals surface area contributed by atoms with Crippen LogP contribution in [0.5, 0.6) is 0 Å². The van der Waals surface area contributed by atoms with Crippen molar-refractivity contribution in [2.45, 2.75) is 25.6 Å². The molecule has 0 spiro atoms. The summed E-state index contributed by atoms with van der Waals surface area (Å²) in [5.41, 5.74) is 6.11. The second kappa shape index (κ2) is 11.7. The van der Waals surface area contributed by atoms with Crippen molar-refractivity contribution in [3.63, 3.8) is 0 Å². The summed E-state index contributed by atoms with van der Waals surface area (Å²) in [7, 11) is 0. The van der Waals surface area contributed by atoms with Gasteiger partial charge in [-0.2, -0.15) is 5.10 Å². The molecule has 42 heavy (non-hydrogen) atoms. The van der Waals surface area contributed by atoms with E-state index in [2.05, 4.69) is 5.32 Å². The summed E-state index contributed by atoms with van der Waals surface area (Å²) < 4.78 is 21.1. The van der Waals surface area contributed by atoms with E-state index in [1.807, 2.05) is 62.4 Å². The molecule has 1 aliphatic rings. The summed E-state index contributed by atoms with van der Waals surface area (Å²) in [5.74, 6) is 0.391. The highest BCUT2D eigenvalue weighted by molar-refractivity contribution is 8.00. The minimum atomic E-state index is -0.338. The molecule has 7 nitrogen and oxygen atoms in total. The average Bonchev–Trinajstić information content (AvgIpc) is 3.63. The number of nitrogens with zero attached hydrogens (tertiary/aromatic N) is 3. The molecule has 0 fully saturated rings. The van der Waals surface area contributed by atoms with Crippen molar-refractivity contribution in [2.75, 3.05) is 17.2 Å². The van der Waals surface area contributed by atoms with Crippen LogP contribution in [0.1, 0.15) is 33.3 Å². The molecule has 0 radical (unpaired) electrons. The molecule has 3 aromatic carbocycles. The van der Waals surface area contributed by atoms with Crippen LogP contribution in [-0.4, -0.2) is 33.9 Å². The Morgan fingerprint density at radius 3 is 2.55 bits per heavy atom. The van der Waals surface area contributed by atoms with E-state index in [0.29, 0.717) is 17.3 Å². The van der Waals surface area contributed by atoms with E-state index in [-0.39, 0.29) is 41.7 Å². The number of amides is 2. The lowest BCUT2D eigenvalue weighted by Crippen LogP contribution is -2.42. The molecular formula is C33H29FN4O3S. The summed E-state index contributed by atoms with van der Waals surface area (Å²) in [4.78, 5) is 28.7. The Hall–Kier alpha value is -4.63. The summed E-state index contributed by atoms with van der Waals surface area (Å²) in [5, 5.41) is 7.67. The smallest absolute Gasteiger partial charge is 0.240 e. The van der Waals surface area contributed by atoms with Crippen molar-refractivity contribution in [3.05, 3.63) is 125 Å². The molecule has 0 aliphatic carbocycles. The van der Waals surface area contributed by atoms with E-state index in [0.717, 1.165) is 33.5 Å². The first-order valence-electron chi connectivity index (χ1n) is 13.6. The number of thioether (sulfide) groups is 1. The summed E-state index contributed by atoms with van der Waals surface area (Å²) >= 11 is 1.45. The second-order valence-electron chi connectivity index (χ2n) is 10.2. The zero-order chi connectivity index (χ0) is 29.2. The highest BCUT2D eigenvalue weighted by Gasteiger charge is 2.38. The van der Waals surface area contributed by atoms with Crippen molar-refractivity contribution in [2.24, 2.45) is 0 Å². The summed E-state index contributed by atoms with van der Waals surface area (Å²) in [6, 6.07) is 25.6. The van der Waals surface area contributed by atoms with Crippen molar-refractivity contribution < 1.29 is 18.4 Å². The first-order valence-corrected chi connectivity index (χ1v) is 14.7. The molecule has 212 valence electrons. The number of nitrogens with one attached hydrogen (secondary N) is 1. The van der Waals surface area contributed by atoms with E-state index < -0.39 is 0 Å². The van der Waals surface area contributed by atoms with Crippen LogP contribution in [0.25, 0.3) is 16.9 Å². The fourth-order valence-corrected chi connectivity index (χ4v) is 6.36. The van der Waals surface area contributed by atoms with Gasteiger partial charge in [0.15, 0.2) is 0 Å². The van der Waals surface area contributed by atoms with Crippen molar-refractivity contribution in [1.29, 1.82) is 0 Å². The molecule has 1 atom stereocenters. The lowest BCUT2D eigenvalue weighted by molar-refractivity contribution is -0.123. The fourth-order valence-electron chi connectivity index (χ4n) is 5.16. The topological polar surface area (TPSA) is 80.4 Å². The molecule has 0 bridgehead atoms. The molecule has 0 saturated heterocycles. The monoisotopic (exact) mass is 580 g/mol. The number of hydrogen-bond donors (Lipinski definition) is 1. The molecule has 1 aliphatic heterocycles. The van der Waals surface area contributed by atoms with Crippen LogP contribution in [0.2, 0.25) is 0 Å². The fraction of sp³-hybridized carbons (Fsp3) is 0.182. The lowest BCUT2D eigenvalue weighted by Gasteiger charge is -2.24. The molecule has 1 unspecified atom stereocenters. The summed E-state index contributed by atoms with van der Waals surface area (Å²) in [6.07, 6.45) is 1.55. The number of anilines is 1. The molecule has 1 N–H and O–H groups in total. The third-order valence-corrected chi connectivity index (χ3v) is 8.71. The number of halogens is 1. The Balaban J connectivity index is 1.56. The van der Waals surface area contributed by atoms with Crippen LogP contribution < -0.4 is 10.2 Å². The maximum Gasteiger partial charge on any atom is 0.240 e. The van der Waals surface area contributed by atoms with Crippen LogP contribution in [0, 0.1) is 19.7 Å². The normalized spacial score (nSPS) is 14.9. The maximum absolute atomic E-state index is 14.0. The Bertz CT molecular complexity index is 1730. The van der Waals surface area contributed by atoms with E-state index in [1.165, 1.54) is 28.8 Å². The first kappa shape index (κ1) is 27.5. The quantitative estimate of drug-likeness (QED) is 0.242. The molecule has 0 saturated carbocycles. The zero-order valence-corrected chi connectivity index (χ0v) is 24.0. The number of aryl methyl sites for hydroxylation is 1. The van der Waals surface area contributed by atoms with Crippen LogP contribution in [0.4, 0.5) is 10.2 Å². The van der Waals surface area contributed by atoms with Gasteiger partial charge in [-0.25, -0.2) is 9.07 Å². The highest BCUT2D eigenvalue weighted by atomic mass is 32.2. The van der Waals surface area contributed by atoms with Crippen LogP contribution in [-0.2, 0) is 16.1 Å². The van der Waals surface area contributed by atoms with Gasteiger partial charge < -0.3 is 9.73 Å². The maximum atomic E-state index is 14.0. The van der Waals surface area contributed by atoms with Gasteiger partial charge in [-0.15, -0.1) is 11.8 Å². The van der Waals surface area contributed by atoms with Crippen molar-refractivity contribution in [3.8, 4) is 16.9 Å². The van der Waals surface area contributed by atoms with Gasteiger partial charge in [0.1, 0.15) is 23.9 Å². The standard InChI is InChI=1S/C33H29FN4O3S/c1-21-8-6-12-27(22(21)2)38-33-30(31(36-38)23-9-4-3-5-10-23)32(24-13-15-25(34)16-14-24)42-20-29(40)37(33)19-28(39)35-18-26-11-7-17-41-26/h3-17,32H,18-20H2,1-2H3,(H,35,39). The molecule has 2 aromatic heterocycles. The van der Waals surface area contributed by atoms with Crippen LogP contribution >= 0.6 is 11.8 Å². The third-order valence-electron chi connectivity index (χ3n) is 7.45. The number of fused-ring (bicyclic) bond motifs is 1. The van der Waals surface area contributed by atoms with Gasteiger partial charge in [0.05, 0.1) is 35.2 Å². The number of rotatable bonds is 7. The predicted octanol–water partition coefficient (Wildman–Crippen LogP) is 6.37. The number of benzene rings is 3. The van der Waals surface area contributed by atoms with E-state index in [9.17, 15) is 14.0 Å². The molecule has 2 amide bonds. The van der Waals surface area contributed by atoms with Gasteiger partial charge in [0.2, 0.25) is 11.8 Å². The number of carbonyl (C=O) groups excluding carboxylic acids is 2. The van der Waals surface area contributed by atoms with Gasteiger partial charge in [-0.05, 0) is 60.9 Å². The van der Waals surface area contributed by atoms with Gasteiger partial charge in [-0.1, -0.05) is 54.6 Å². The number of furan rings is 1. The molecule has 6 rings (SSSR count). The number of aromatic nitrogens is 2. The molecule has 9 heteroatoms. The Labute approximate surface area is 247 Å². The highest BCUT2D eigenvalue weighted by Crippen LogP contribution is 2.48. The predicted molar refractivity (Wildman–Crippen MR) is 162 cm³/mol. The Morgan fingerprint density at radius 2 is 1.81 bits per heavy atom. The van der Waals surface area contributed by atoms with Crippen molar-refractivity contribution >= 4 is 29.4 Å². The van der Waals surface area contributed by atoms with Gasteiger partial charge >= 0.3 is 0 Å². The first-order chi connectivity index (χ1) is 20.4. The van der Waals surface area contributed by atoms with Crippen LogP contribution in [0.15, 0.2) is 95.6 Å². The van der Waals surface area contributed by atoms with Gasteiger partial charge in [0, 0.05) is 11.1 Å². The third kappa shape index (κ3) is 5.35. The summed E-state index contributed by atoms with van der Waals surface area (Å²) in [6.45, 7) is 4.06. The Morgan fingerprint density at radius 1 is 1.02 bits per heavy atom. The van der Waals surface area contributed by atoms with Crippen molar-refractivity contribution in [1.82, 2.24) is 15.1 Å². The molecular weight excluding hydrogens is 551 g/mol. The largest absolute Gasteiger partial charge is 0.467 e. The number of hydrogen-bond acceptors (Lipinski definition) is 5. The number of carbonyl (C=O) groups is 2. The van der Waals surface area contributed by atoms with Crippen LogP contribution in [0.3, 0.4) is 0 Å². The molecule has 5 aromatic rings. The minimum Gasteiger partial charge on any atom is -0.467 e. The minimum absolute atomic E-state index is 0.128. The molecule has 3 heterocycles. The average molecular weight is 581 g/mol. The van der Waals surface area contributed by atoms with E-state index in [1.54, 1.807) is 35.2 Å². The second-order valence-corrected chi connectivity index (χ2v) is 11.3. The lowest BCUT2D eigenvalue weighted by atomic mass is 9.99. The Kier molecular flexibility index (Phi) is 7.67. The zero-order valence-electron chi connectivity index (χ0n) is 23.2. The van der Waals surface area contributed by atoms with Gasteiger partial charge in [0.25, 0.3) is 0 Å². The van der Waals surface area contributed by atoms with E-state index in [4.69, 9.17) is 9.52 Å². The SMILES string of the molecule is Cc1cccc(-n2nc(-c3ccccc3)c3c2N(CC(=O)NCc2ccco2)C(=O)CSC3c2ccc(F)cc2)c1C. The van der Waals surface area contributed by atoms with Gasteiger partial charge in [-0.3, -0.25) is 14.5 Å².